The standard InChI is InChI=1S/C15H22N4O3S/c1-10-12(23-15(16)17-10)14(21)18-4-2-11(3-5-18)13(20)19-6-8-22-9-7-19/h11H,2-9H2,1H3,(H2,16,17). The highest BCUT2D eigenvalue weighted by Crippen LogP contribution is 2.25. The van der Waals surface area contributed by atoms with Crippen LogP contribution in [0, 0.1) is 12.8 Å². The summed E-state index contributed by atoms with van der Waals surface area (Å²) < 4.78 is 5.29. The van der Waals surface area contributed by atoms with Gasteiger partial charge in [0.05, 0.1) is 18.9 Å². The Kier molecular flexibility index (Phi) is 4.82. The SMILES string of the molecule is Cc1nc(N)sc1C(=O)N1CCC(C(=O)N2CCOCC2)CC1. The van der Waals surface area contributed by atoms with Crippen LogP contribution in [0.5, 0.6) is 0 Å². The van der Waals surface area contributed by atoms with Crippen molar-refractivity contribution in [3.63, 3.8) is 0 Å². The summed E-state index contributed by atoms with van der Waals surface area (Å²) in [6, 6.07) is 0. The smallest absolute Gasteiger partial charge is 0.265 e. The molecule has 0 radical (unpaired) electrons. The highest BCUT2D eigenvalue weighted by molar-refractivity contribution is 7.17. The first-order valence-electron chi connectivity index (χ1n) is 7.95. The number of amides is 2. The maximum atomic E-state index is 12.5. The Bertz CT molecular complexity index is 590. The van der Waals surface area contributed by atoms with Gasteiger partial charge in [0.2, 0.25) is 5.91 Å². The van der Waals surface area contributed by atoms with Gasteiger partial charge in [-0.05, 0) is 19.8 Å². The van der Waals surface area contributed by atoms with Gasteiger partial charge >= 0.3 is 0 Å². The van der Waals surface area contributed by atoms with Crippen molar-refractivity contribution < 1.29 is 14.3 Å². The summed E-state index contributed by atoms with van der Waals surface area (Å²) in [5.74, 6) is 0.206. The Morgan fingerprint density at radius 2 is 1.83 bits per heavy atom. The maximum Gasteiger partial charge on any atom is 0.265 e. The van der Waals surface area contributed by atoms with Gasteiger partial charge in [-0.2, -0.15) is 0 Å². The van der Waals surface area contributed by atoms with E-state index < -0.39 is 0 Å². The van der Waals surface area contributed by atoms with Gasteiger partial charge in [-0.25, -0.2) is 4.98 Å². The van der Waals surface area contributed by atoms with Crippen molar-refractivity contribution >= 4 is 28.3 Å². The van der Waals surface area contributed by atoms with Gasteiger partial charge in [0, 0.05) is 32.1 Å². The quantitative estimate of drug-likeness (QED) is 0.859. The third-order valence-electron chi connectivity index (χ3n) is 4.46. The molecule has 1 aromatic heterocycles. The number of aryl methyl sites for hydroxylation is 1. The third-order valence-corrected chi connectivity index (χ3v) is 5.44. The van der Waals surface area contributed by atoms with E-state index in [0.717, 1.165) is 12.8 Å². The van der Waals surface area contributed by atoms with Crippen LogP contribution in [0.4, 0.5) is 5.13 Å². The number of nitrogen functional groups attached to an aromatic ring is 1. The second-order valence-electron chi connectivity index (χ2n) is 5.97. The van der Waals surface area contributed by atoms with E-state index in [4.69, 9.17) is 10.5 Å². The Morgan fingerprint density at radius 3 is 2.39 bits per heavy atom. The molecule has 7 nitrogen and oxygen atoms in total. The van der Waals surface area contributed by atoms with Crippen LogP contribution in [-0.2, 0) is 9.53 Å². The van der Waals surface area contributed by atoms with Crippen molar-refractivity contribution in [2.75, 3.05) is 45.1 Å². The van der Waals surface area contributed by atoms with E-state index in [2.05, 4.69) is 4.98 Å². The van der Waals surface area contributed by atoms with E-state index in [-0.39, 0.29) is 17.7 Å². The fourth-order valence-corrected chi connectivity index (χ4v) is 3.93. The molecule has 0 spiro atoms. The Morgan fingerprint density at radius 1 is 1.17 bits per heavy atom. The molecule has 2 N–H and O–H groups in total. The lowest BCUT2D eigenvalue weighted by molar-refractivity contribution is -0.141. The number of carbonyl (C=O) groups excluding carboxylic acids is 2. The van der Waals surface area contributed by atoms with Crippen LogP contribution in [0.15, 0.2) is 0 Å². The molecule has 23 heavy (non-hydrogen) atoms. The molecular weight excluding hydrogens is 316 g/mol. The highest BCUT2D eigenvalue weighted by Gasteiger charge is 2.32. The van der Waals surface area contributed by atoms with E-state index >= 15 is 0 Å². The number of likely N-dealkylation sites (tertiary alicyclic amines) is 1. The number of hydrogen-bond acceptors (Lipinski definition) is 6. The van der Waals surface area contributed by atoms with E-state index in [1.807, 2.05) is 9.80 Å². The molecular formula is C15H22N4O3S. The Labute approximate surface area is 139 Å². The lowest BCUT2D eigenvalue weighted by Gasteiger charge is -2.35. The number of morpholine rings is 1. The molecule has 0 bridgehead atoms. The Balaban J connectivity index is 1.56. The van der Waals surface area contributed by atoms with E-state index in [9.17, 15) is 9.59 Å². The zero-order valence-corrected chi connectivity index (χ0v) is 14.1. The minimum absolute atomic E-state index is 0.0183. The second-order valence-corrected chi connectivity index (χ2v) is 7.00. The summed E-state index contributed by atoms with van der Waals surface area (Å²) in [5.41, 5.74) is 6.35. The third kappa shape index (κ3) is 3.48. The van der Waals surface area contributed by atoms with Gasteiger partial charge in [-0.3, -0.25) is 9.59 Å². The van der Waals surface area contributed by atoms with Crippen LogP contribution in [0.3, 0.4) is 0 Å². The number of carbonyl (C=O) groups is 2. The minimum atomic E-state index is -0.0195. The molecule has 0 unspecified atom stereocenters. The van der Waals surface area contributed by atoms with E-state index in [0.29, 0.717) is 55.1 Å². The average Bonchev–Trinajstić information content (AvgIpc) is 2.93. The van der Waals surface area contributed by atoms with Crippen LogP contribution < -0.4 is 5.73 Å². The van der Waals surface area contributed by atoms with Crippen LogP contribution >= 0.6 is 11.3 Å². The highest BCUT2D eigenvalue weighted by atomic mass is 32.1. The van der Waals surface area contributed by atoms with Gasteiger partial charge < -0.3 is 20.3 Å². The lowest BCUT2D eigenvalue weighted by atomic mass is 9.95. The molecule has 8 heteroatoms. The van der Waals surface area contributed by atoms with Crippen LogP contribution in [0.25, 0.3) is 0 Å². The van der Waals surface area contributed by atoms with Crippen molar-refractivity contribution in [2.24, 2.45) is 5.92 Å². The van der Waals surface area contributed by atoms with Crippen molar-refractivity contribution in [3.8, 4) is 0 Å². The predicted molar refractivity (Wildman–Crippen MR) is 87.3 cm³/mol. The molecule has 0 aromatic carbocycles. The molecule has 3 heterocycles. The topological polar surface area (TPSA) is 88.8 Å². The monoisotopic (exact) mass is 338 g/mol. The lowest BCUT2D eigenvalue weighted by Crippen LogP contribution is -2.47. The number of nitrogens with zero attached hydrogens (tertiary/aromatic N) is 3. The van der Waals surface area contributed by atoms with E-state index in [1.54, 1.807) is 6.92 Å². The summed E-state index contributed by atoms with van der Waals surface area (Å²) in [4.78, 5) is 33.5. The van der Waals surface area contributed by atoms with Gasteiger partial charge in [0.15, 0.2) is 5.13 Å². The van der Waals surface area contributed by atoms with Crippen molar-refractivity contribution in [2.45, 2.75) is 19.8 Å². The van der Waals surface area contributed by atoms with Gasteiger partial charge in [-0.1, -0.05) is 11.3 Å². The Hall–Kier alpha value is -1.67. The molecule has 0 aliphatic carbocycles. The van der Waals surface area contributed by atoms with E-state index in [1.165, 1.54) is 11.3 Å². The van der Waals surface area contributed by atoms with Crippen molar-refractivity contribution in [3.05, 3.63) is 10.6 Å². The van der Waals surface area contributed by atoms with Gasteiger partial charge in [-0.15, -0.1) is 0 Å². The van der Waals surface area contributed by atoms with Gasteiger partial charge in [0.25, 0.3) is 5.91 Å². The van der Waals surface area contributed by atoms with Crippen molar-refractivity contribution in [1.29, 1.82) is 0 Å². The molecule has 2 aliphatic heterocycles. The number of thiazole rings is 1. The molecule has 126 valence electrons. The van der Waals surface area contributed by atoms with Gasteiger partial charge in [0.1, 0.15) is 4.88 Å². The number of ether oxygens (including phenoxy) is 1. The summed E-state index contributed by atoms with van der Waals surface area (Å²) in [6.45, 7) is 5.61. The van der Waals surface area contributed by atoms with Crippen molar-refractivity contribution in [1.82, 2.24) is 14.8 Å². The zero-order valence-electron chi connectivity index (χ0n) is 13.3. The molecule has 1 aromatic rings. The summed E-state index contributed by atoms with van der Waals surface area (Å²) >= 11 is 1.23. The number of rotatable bonds is 2. The summed E-state index contributed by atoms with van der Waals surface area (Å²) in [5, 5.41) is 0.420. The van der Waals surface area contributed by atoms with Crippen LogP contribution in [0.2, 0.25) is 0 Å². The number of aromatic nitrogens is 1. The first-order chi connectivity index (χ1) is 11.1. The molecule has 3 rings (SSSR count). The molecule has 0 saturated carbocycles. The normalized spacial score (nSPS) is 19.9. The minimum Gasteiger partial charge on any atom is -0.378 e. The van der Waals surface area contributed by atoms with Crippen LogP contribution in [0.1, 0.15) is 28.2 Å². The number of piperidine rings is 1. The first-order valence-corrected chi connectivity index (χ1v) is 8.76. The second kappa shape index (κ2) is 6.84. The van der Waals surface area contributed by atoms with Crippen LogP contribution in [-0.4, -0.2) is 66.0 Å². The molecule has 2 saturated heterocycles. The average molecular weight is 338 g/mol. The molecule has 0 atom stereocenters. The zero-order chi connectivity index (χ0) is 16.4. The number of nitrogens with two attached hydrogens (primary N) is 1. The first kappa shape index (κ1) is 16.2. The fraction of sp³-hybridized carbons (Fsp3) is 0.667. The predicted octanol–water partition coefficient (Wildman–Crippen LogP) is 0.745. The maximum absolute atomic E-state index is 12.5. The fourth-order valence-electron chi connectivity index (χ4n) is 3.13. The number of anilines is 1. The number of hydrogen-bond donors (Lipinski definition) is 1. The summed E-state index contributed by atoms with van der Waals surface area (Å²) in [7, 11) is 0. The molecule has 2 aliphatic rings. The molecule has 2 fully saturated rings. The molecule has 2 amide bonds. The largest absolute Gasteiger partial charge is 0.378 e. The summed E-state index contributed by atoms with van der Waals surface area (Å²) in [6.07, 6.45) is 1.44.